The van der Waals surface area contributed by atoms with E-state index >= 15 is 0 Å². The molecule has 0 amide bonds. The number of hydrogen-bond donors (Lipinski definition) is 5. The lowest BCUT2D eigenvalue weighted by atomic mass is 9.91. The lowest BCUT2D eigenvalue weighted by molar-refractivity contribution is -0.138. The van der Waals surface area contributed by atoms with Gasteiger partial charge in [0.25, 0.3) is 0 Å². The third kappa shape index (κ3) is 5.88. The molecule has 0 atom stereocenters. The molecule has 0 heterocycles. The average Bonchev–Trinajstić information content (AvgIpc) is 2.69. The van der Waals surface area contributed by atoms with Gasteiger partial charge >= 0.3 is 11.9 Å². The van der Waals surface area contributed by atoms with Gasteiger partial charge in [-0.1, -0.05) is 18.2 Å². The van der Waals surface area contributed by atoms with Crippen LogP contribution in [0.25, 0.3) is 0 Å². The van der Waals surface area contributed by atoms with Gasteiger partial charge in [-0.15, -0.1) is 0 Å². The van der Waals surface area contributed by atoms with E-state index in [1.807, 2.05) is 0 Å². The number of anilines is 1. The van der Waals surface area contributed by atoms with Crippen LogP contribution in [0.5, 0.6) is 0 Å². The highest BCUT2D eigenvalue weighted by Gasteiger charge is 2.19. The summed E-state index contributed by atoms with van der Waals surface area (Å²) in [5.74, 6) is 2.82. The molecule has 9 heteroatoms. The number of carbonyl (C=O) groups excluding carboxylic acids is 1. The molecule has 9 nitrogen and oxygen atoms in total. The Kier molecular flexibility index (Phi) is 7.44. The lowest BCUT2D eigenvalue weighted by Crippen LogP contribution is -2.18. The molecule has 2 rings (SSSR count). The Bertz CT molecular complexity index is 956. The van der Waals surface area contributed by atoms with Crippen molar-refractivity contribution in [1.29, 1.82) is 0 Å². The third-order valence-electron chi connectivity index (χ3n) is 4.29. The number of ketones is 1. The minimum absolute atomic E-state index is 0.101. The molecule has 0 aliphatic rings. The predicted molar refractivity (Wildman–Crippen MR) is 108 cm³/mol. The van der Waals surface area contributed by atoms with Crippen LogP contribution in [-0.2, 0) is 22.4 Å². The fourth-order valence-corrected chi connectivity index (χ4v) is 2.91. The fraction of sp³-hybridized carbons (Fsp3) is 0.200. The van der Waals surface area contributed by atoms with Gasteiger partial charge in [0, 0.05) is 29.7 Å². The number of nitrogen functional groups attached to an aromatic ring is 1. The highest BCUT2D eigenvalue weighted by molar-refractivity contribution is 6.12. The van der Waals surface area contributed by atoms with Gasteiger partial charge in [0.05, 0.1) is 5.69 Å². The summed E-state index contributed by atoms with van der Waals surface area (Å²) >= 11 is 0. The van der Waals surface area contributed by atoms with Crippen LogP contribution in [0, 0.1) is 0 Å². The van der Waals surface area contributed by atoms with Crippen molar-refractivity contribution in [3.8, 4) is 0 Å². The van der Waals surface area contributed by atoms with Crippen LogP contribution in [0.3, 0.4) is 0 Å². The maximum absolute atomic E-state index is 13.0. The molecule has 152 valence electrons. The number of carboxylic acid groups (broad SMARTS) is 2. The van der Waals surface area contributed by atoms with E-state index in [4.69, 9.17) is 21.8 Å². The number of hydrogen-bond acceptors (Lipinski definition) is 6. The number of rotatable bonds is 10. The van der Waals surface area contributed by atoms with E-state index in [0.717, 1.165) is 0 Å². The first-order valence-electron chi connectivity index (χ1n) is 8.80. The van der Waals surface area contributed by atoms with Crippen molar-refractivity contribution >= 4 is 35.4 Å². The maximum Gasteiger partial charge on any atom is 0.303 e. The van der Waals surface area contributed by atoms with Gasteiger partial charge in [-0.3, -0.25) is 14.4 Å². The normalized spacial score (nSPS) is 10.8. The fourth-order valence-electron chi connectivity index (χ4n) is 2.91. The second kappa shape index (κ2) is 10.00. The Balaban J connectivity index is 2.42. The molecular weight excluding hydrogens is 376 g/mol. The standard InChI is InChI=1S/C20H22N4O5/c21-19-15(7-9-18(27)28)12(5-8-17(25)26)4-6-16(19)20(29)13-2-1-3-14(10-13)23-11-24-22/h1-4,6,10-11H,5,7-9,21-22H2,(H,23,24)(H,25,26)(H,27,28). The van der Waals surface area contributed by atoms with E-state index in [2.05, 4.69) is 10.4 Å². The minimum atomic E-state index is -1.01. The SMILES string of the molecule is NNC=Nc1cccc(C(=O)c2ccc(CCC(=O)O)c(CCC(=O)O)c2N)c1. The number of aryl methyl sites for hydroxylation is 1. The minimum Gasteiger partial charge on any atom is -0.481 e. The van der Waals surface area contributed by atoms with Gasteiger partial charge < -0.3 is 21.4 Å². The van der Waals surface area contributed by atoms with Crippen LogP contribution in [0.15, 0.2) is 41.4 Å². The summed E-state index contributed by atoms with van der Waals surface area (Å²) in [5, 5.41) is 17.9. The number of aliphatic carboxylic acids is 2. The highest BCUT2D eigenvalue weighted by Crippen LogP contribution is 2.27. The molecule has 0 spiro atoms. The monoisotopic (exact) mass is 398 g/mol. The number of carbonyl (C=O) groups is 3. The van der Waals surface area contributed by atoms with Crippen LogP contribution in [-0.4, -0.2) is 34.3 Å². The Hall–Kier alpha value is -3.72. The summed E-state index contributed by atoms with van der Waals surface area (Å²) in [6, 6.07) is 9.72. The topological polar surface area (TPSA) is 168 Å². The van der Waals surface area contributed by atoms with Crippen molar-refractivity contribution in [3.63, 3.8) is 0 Å². The number of nitrogens with zero attached hydrogens (tertiary/aromatic N) is 1. The number of hydrazine groups is 1. The van der Waals surface area contributed by atoms with Crippen LogP contribution in [0.2, 0.25) is 0 Å². The van der Waals surface area contributed by atoms with Crippen molar-refractivity contribution in [3.05, 3.63) is 58.7 Å². The van der Waals surface area contributed by atoms with Crippen molar-refractivity contribution in [2.24, 2.45) is 10.8 Å². The molecular formula is C20H22N4O5. The number of nitrogens with two attached hydrogens (primary N) is 2. The summed E-state index contributed by atoms with van der Waals surface area (Å²) < 4.78 is 0. The zero-order valence-electron chi connectivity index (χ0n) is 15.6. The lowest BCUT2D eigenvalue weighted by Gasteiger charge is -2.15. The van der Waals surface area contributed by atoms with Gasteiger partial charge in [0.2, 0.25) is 0 Å². The van der Waals surface area contributed by atoms with E-state index in [1.54, 1.807) is 30.3 Å². The third-order valence-corrected chi connectivity index (χ3v) is 4.29. The summed E-state index contributed by atoms with van der Waals surface area (Å²) in [6.07, 6.45) is 1.27. The largest absolute Gasteiger partial charge is 0.481 e. The molecule has 0 unspecified atom stereocenters. The van der Waals surface area contributed by atoms with E-state index in [-0.39, 0.29) is 42.7 Å². The molecule has 2 aromatic rings. The second-order valence-electron chi connectivity index (χ2n) is 6.26. The van der Waals surface area contributed by atoms with Gasteiger partial charge in [-0.05, 0) is 42.2 Å². The van der Waals surface area contributed by atoms with Gasteiger partial charge in [-0.25, -0.2) is 10.8 Å². The molecule has 0 saturated heterocycles. The Morgan fingerprint density at radius 1 is 1.03 bits per heavy atom. The summed E-state index contributed by atoms with van der Waals surface area (Å²) in [7, 11) is 0. The van der Waals surface area contributed by atoms with E-state index < -0.39 is 11.9 Å². The van der Waals surface area contributed by atoms with Gasteiger partial charge in [0.15, 0.2) is 5.78 Å². The zero-order chi connectivity index (χ0) is 21.4. The Labute approximate surface area is 167 Å². The number of carboxylic acids is 2. The number of nitrogens with one attached hydrogen (secondary N) is 1. The van der Waals surface area contributed by atoms with Crippen molar-refractivity contribution < 1.29 is 24.6 Å². The molecule has 0 saturated carbocycles. The molecule has 2 aromatic carbocycles. The molecule has 7 N–H and O–H groups in total. The van der Waals surface area contributed by atoms with Crippen molar-refractivity contribution in [2.45, 2.75) is 25.7 Å². The molecule has 0 aromatic heterocycles. The number of benzene rings is 2. The first-order valence-corrected chi connectivity index (χ1v) is 8.80. The molecule has 0 aliphatic heterocycles. The highest BCUT2D eigenvalue weighted by atomic mass is 16.4. The summed E-state index contributed by atoms with van der Waals surface area (Å²) in [6.45, 7) is 0. The van der Waals surface area contributed by atoms with Crippen molar-refractivity contribution in [2.75, 3.05) is 5.73 Å². The summed E-state index contributed by atoms with van der Waals surface area (Å²) in [4.78, 5) is 38.9. The van der Waals surface area contributed by atoms with Gasteiger partial charge in [-0.2, -0.15) is 0 Å². The molecule has 0 radical (unpaired) electrons. The Morgan fingerprint density at radius 3 is 2.38 bits per heavy atom. The zero-order valence-corrected chi connectivity index (χ0v) is 15.6. The molecule has 0 bridgehead atoms. The first-order chi connectivity index (χ1) is 13.8. The number of aliphatic imine (C=N–C) groups is 1. The van der Waals surface area contributed by atoms with E-state index in [0.29, 0.717) is 22.4 Å². The smallest absolute Gasteiger partial charge is 0.303 e. The average molecular weight is 398 g/mol. The Morgan fingerprint density at radius 2 is 1.72 bits per heavy atom. The molecule has 29 heavy (non-hydrogen) atoms. The molecule has 0 aliphatic carbocycles. The van der Waals surface area contributed by atoms with Crippen LogP contribution in [0.4, 0.5) is 11.4 Å². The van der Waals surface area contributed by atoms with E-state index in [9.17, 15) is 14.4 Å². The second-order valence-corrected chi connectivity index (χ2v) is 6.26. The first kappa shape index (κ1) is 21.6. The van der Waals surface area contributed by atoms with Crippen molar-refractivity contribution in [1.82, 2.24) is 5.43 Å². The van der Waals surface area contributed by atoms with Gasteiger partial charge in [0.1, 0.15) is 6.34 Å². The molecule has 0 fully saturated rings. The van der Waals surface area contributed by atoms with E-state index in [1.165, 1.54) is 12.4 Å². The predicted octanol–water partition coefficient (Wildman–Crippen LogP) is 1.66. The summed E-state index contributed by atoms with van der Waals surface area (Å²) in [5.41, 5.74) is 10.9. The van der Waals surface area contributed by atoms with Crippen LogP contribution in [0.1, 0.15) is 39.9 Å². The van der Waals surface area contributed by atoms with Crippen LogP contribution >= 0.6 is 0 Å². The maximum atomic E-state index is 13.0. The van der Waals surface area contributed by atoms with Crippen LogP contribution < -0.4 is 17.0 Å². The quantitative estimate of drug-likeness (QED) is 0.100.